The number of hydrogen-bond donors (Lipinski definition) is 1. The van der Waals surface area contributed by atoms with E-state index in [0.29, 0.717) is 30.2 Å². The molecule has 1 aromatic carbocycles. The third kappa shape index (κ3) is 4.21. The summed E-state index contributed by atoms with van der Waals surface area (Å²) in [6.07, 6.45) is 5.00. The second-order valence-electron chi connectivity index (χ2n) is 6.69. The van der Waals surface area contributed by atoms with Crippen LogP contribution in [0.1, 0.15) is 12.0 Å². The molecule has 4 rings (SSSR count). The minimum atomic E-state index is -0.424. The number of ether oxygens (including phenoxy) is 1. The number of benzene rings is 1. The van der Waals surface area contributed by atoms with E-state index in [1.54, 1.807) is 35.5 Å². The largest absolute Gasteiger partial charge is 0.497 e. The van der Waals surface area contributed by atoms with Gasteiger partial charge in [-0.15, -0.1) is 5.10 Å². The summed E-state index contributed by atoms with van der Waals surface area (Å²) in [5.41, 5.74) is 2.17. The van der Waals surface area contributed by atoms with E-state index >= 15 is 0 Å². The first-order valence-corrected chi connectivity index (χ1v) is 9.02. The lowest BCUT2D eigenvalue weighted by atomic mass is 10.1. The van der Waals surface area contributed by atoms with Gasteiger partial charge in [-0.2, -0.15) is 0 Å². The summed E-state index contributed by atoms with van der Waals surface area (Å²) in [6.45, 7) is 0.838. The molecule has 1 N–H and O–H groups in total. The highest BCUT2D eigenvalue weighted by Crippen LogP contribution is 2.25. The summed E-state index contributed by atoms with van der Waals surface area (Å²) in [5.74, 6) is -0.129. The molecule has 148 valence electrons. The first-order valence-electron chi connectivity index (χ1n) is 9.02. The lowest BCUT2D eigenvalue weighted by Gasteiger charge is -2.17. The molecular weight excluding hydrogens is 374 g/mol. The Balaban J connectivity index is 1.45. The molecule has 1 atom stereocenters. The van der Waals surface area contributed by atoms with E-state index < -0.39 is 5.92 Å². The van der Waals surface area contributed by atoms with Crippen LogP contribution in [0.4, 0.5) is 5.69 Å². The normalized spacial score (nSPS) is 16.1. The number of hydrogen-bond acceptors (Lipinski definition) is 7. The van der Waals surface area contributed by atoms with Crippen LogP contribution in [0.5, 0.6) is 5.75 Å². The number of methoxy groups -OCH3 is 1. The predicted octanol–water partition coefficient (Wildman–Crippen LogP) is 1.05. The minimum absolute atomic E-state index is 0.0398. The monoisotopic (exact) mass is 393 g/mol. The molecule has 0 radical (unpaired) electrons. The molecular formula is C19H19N7O3. The lowest BCUT2D eigenvalue weighted by Crippen LogP contribution is -2.28. The first-order chi connectivity index (χ1) is 14.1. The van der Waals surface area contributed by atoms with Crippen molar-refractivity contribution in [1.82, 2.24) is 30.1 Å². The van der Waals surface area contributed by atoms with Crippen molar-refractivity contribution in [1.29, 1.82) is 0 Å². The molecule has 2 amide bonds. The highest BCUT2D eigenvalue weighted by Gasteiger charge is 2.34. The zero-order valence-corrected chi connectivity index (χ0v) is 15.7. The molecule has 0 aliphatic carbocycles. The highest BCUT2D eigenvalue weighted by atomic mass is 16.5. The van der Waals surface area contributed by atoms with Gasteiger partial charge in [0.15, 0.2) is 0 Å². The number of rotatable bonds is 6. The fourth-order valence-electron chi connectivity index (χ4n) is 3.24. The molecule has 2 aromatic heterocycles. The van der Waals surface area contributed by atoms with Gasteiger partial charge in [0.1, 0.15) is 12.1 Å². The summed E-state index contributed by atoms with van der Waals surface area (Å²) >= 11 is 0. The molecule has 0 bridgehead atoms. The maximum absolute atomic E-state index is 12.8. The predicted molar refractivity (Wildman–Crippen MR) is 102 cm³/mol. The minimum Gasteiger partial charge on any atom is -0.497 e. The summed E-state index contributed by atoms with van der Waals surface area (Å²) < 4.78 is 6.77. The average Bonchev–Trinajstić information content (AvgIpc) is 3.39. The number of aromatic nitrogens is 5. The molecule has 29 heavy (non-hydrogen) atoms. The van der Waals surface area contributed by atoms with E-state index in [1.165, 1.54) is 18.1 Å². The van der Waals surface area contributed by atoms with E-state index in [2.05, 4.69) is 25.8 Å². The molecule has 0 spiro atoms. The molecule has 1 aliphatic heterocycles. The van der Waals surface area contributed by atoms with E-state index in [0.717, 1.165) is 5.56 Å². The van der Waals surface area contributed by atoms with Crippen molar-refractivity contribution >= 4 is 17.5 Å². The summed E-state index contributed by atoms with van der Waals surface area (Å²) in [5, 5.41) is 14.0. The average molecular weight is 393 g/mol. The standard InChI is InChI=1S/C19H19N7O3/c1-29-17-8-15(7-16(9-17)26-12-21-23-24-26)22-19(28)14-6-18(27)25(11-14)10-13-2-4-20-5-3-13/h2-5,7-9,12,14H,6,10-11H2,1H3,(H,22,28). The fourth-order valence-corrected chi connectivity index (χ4v) is 3.24. The van der Waals surface area contributed by atoms with Crippen molar-refractivity contribution < 1.29 is 14.3 Å². The third-order valence-corrected chi connectivity index (χ3v) is 4.72. The number of nitrogens with zero attached hydrogens (tertiary/aromatic N) is 6. The van der Waals surface area contributed by atoms with E-state index in [9.17, 15) is 9.59 Å². The van der Waals surface area contributed by atoms with E-state index in [4.69, 9.17) is 4.74 Å². The van der Waals surface area contributed by atoms with Crippen molar-refractivity contribution in [2.45, 2.75) is 13.0 Å². The number of carbonyl (C=O) groups is 2. The Morgan fingerprint density at radius 1 is 1.28 bits per heavy atom. The van der Waals surface area contributed by atoms with Crippen LogP contribution in [0.25, 0.3) is 5.69 Å². The number of nitrogens with one attached hydrogen (secondary N) is 1. The Bertz CT molecular complexity index is 1010. The van der Waals surface area contributed by atoms with Crippen LogP contribution in [-0.2, 0) is 16.1 Å². The molecule has 1 saturated heterocycles. The molecule has 10 heteroatoms. The lowest BCUT2D eigenvalue weighted by molar-refractivity contribution is -0.128. The highest BCUT2D eigenvalue weighted by molar-refractivity contribution is 5.97. The van der Waals surface area contributed by atoms with Crippen molar-refractivity contribution in [3.63, 3.8) is 0 Å². The topological polar surface area (TPSA) is 115 Å². The van der Waals surface area contributed by atoms with E-state index in [1.807, 2.05) is 12.1 Å². The van der Waals surface area contributed by atoms with Gasteiger partial charge < -0.3 is 15.0 Å². The Morgan fingerprint density at radius 3 is 2.83 bits per heavy atom. The Labute approximate surface area is 166 Å². The van der Waals surface area contributed by atoms with Crippen LogP contribution in [0.15, 0.2) is 49.1 Å². The number of amides is 2. The number of tetrazole rings is 1. The van der Waals surface area contributed by atoms with Gasteiger partial charge in [0.2, 0.25) is 11.8 Å². The van der Waals surface area contributed by atoms with Gasteiger partial charge in [-0.1, -0.05) is 0 Å². The van der Waals surface area contributed by atoms with Crippen LogP contribution < -0.4 is 10.1 Å². The number of anilines is 1. The number of likely N-dealkylation sites (tertiary alicyclic amines) is 1. The molecule has 0 saturated carbocycles. The van der Waals surface area contributed by atoms with Gasteiger partial charge in [0, 0.05) is 49.7 Å². The first kappa shape index (κ1) is 18.5. The number of carbonyl (C=O) groups excluding carboxylic acids is 2. The summed E-state index contributed by atoms with van der Waals surface area (Å²) in [6, 6.07) is 8.91. The van der Waals surface area contributed by atoms with Crippen LogP contribution in [0.3, 0.4) is 0 Å². The molecule has 3 aromatic rings. The van der Waals surface area contributed by atoms with Crippen molar-refractivity contribution in [2.75, 3.05) is 19.0 Å². The van der Waals surface area contributed by atoms with Crippen molar-refractivity contribution in [3.8, 4) is 11.4 Å². The van der Waals surface area contributed by atoms with Gasteiger partial charge in [0.25, 0.3) is 0 Å². The Kier molecular flexibility index (Phi) is 5.14. The molecule has 1 unspecified atom stereocenters. The quantitative estimate of drug-likeness (QED) is 0.666. The number of pyridine rings is 1. The smallest absolute Gasteiger partial charge is 0.229 e. The Morgan fingerprint density at radius 2 is 2.10 bits per heavy atom. The van der Waals surface area contributed by atoms with Gasteiger partial charge in [-0.05, 0) is 34.2 Å². The van der Waals surface area contributed by atoms with Crippen molar-refractivity contribution in [2.24, 2.45) is 5.92 Å². The molecule has 10 nitrogen and oxygen atoms in total. The van der Waals surface area contributed by atoms with Crippen LogP contribution >= 0.6 is 0 Å². The maximum Gasteiger partial charge on any atom is 0.229 e. The van der Waals surface area contributed by atoms with Crippen LogP contribution in [0.2, 0.25) is 0 Å². The third-order valence-electron chi connectivity index (χ3n) is 4.72. The second-order valence-corrected chi connectivity index (χ2v) is 6.69. The van der Waals surface area contributed by atoms with Gasteiger partial charge in [-0.25, -0.2) is 4.68 Å². The van der Waals surface area contributed by atoms with Crippen molar-refractivity contribution in [3.05, 3.63) is 54.6 Å². The maximum atomic E-state index is 12.8. The fraction of sp³-hybridized carbons (Fsp3) is 0.263. The van der Waals surface area contributed by atoms with Gasteiger partial charge in [0.05, 0.1) is 18.7 Å². The van der Waals surface area contributed by atoms with Crippen LogP contribution in [-0.4, -0.2) is 55.6 Å². The summed E-state index contributed by atoms with van der Waals surface area (Å²) in [4.78, 5) is 30.8. The molecule has 1 fully saturated rings. The van der Waals surface area contributed by atoms with Gasteiger partial charge in [-0.3, -0.25) is 14.6 Å². The van der Waals surface area contributed by atoms with Crippen LogP contribution in [0, 0.1) is 5.92 Å². The van der Waals surface area contributed by atoms with E-state index in [-0.39, 0.29) is 18.2 Å². The zero-order chi connectivity index (χ0) is 20.2. The zero-order valence-electron chi connectivity index (χ0n) is 15.7. The second kappa shape index (κ2) is 8.05. The summed E-state index contributed by atoms with van der Waals surface area (Å²) in [7, 11) is 1.54. The SMILES string of the molecule is COc1cc(NC(=O)C2CC(=O)N(Cc3ccncc3)C2)cc(-n2cnnn2)c1. The van der Waals surface area contributed by atoms with Gasteiger partial charge >= 0.3 is 0 Å². The molecule has 1 aliphatic rings. The molecule has 3 heterocycles. The Hall–Kier alpha value is -3.82.